The van der Waals surface area contributed by atoms with E-state index >= 15 is 0 Å². The number of furan rings is 1. The first-order chi connectivity index (χ1) is 12.5. The third-order valence-electron chi connectivity index (χ3n) is 3.66. The second-order valence-corrected chi connectivity index (χ2v) is 7.30. The van der Waals surface area contributed by atoms with Crippen molar-refractivity contribution in [2.24, 2.45) is 0 Å². The van der Waals surface area contributed by atoms with Crippen molar-refractivity contribution < 1.29 is 17.8 Å². The number of nitro benzene ring substituents is 1. The number of aromatic nitrogens is 1. The highest BCUT2D eigenvalue weighted by Crippen LogP contribution is 2.28. The SMILES string of the molecule is O=[N+]([O-])c1ccccc1S(=O)(=O)N(Cc1ccccn1)Cc1ccco1. The van der Waals surface area contributed by atoms with Gasteiger partial charge in [-0.2, -0.15) is 4.31 Å². The molecule has 0 atom stereocenters. The Bertz CT molecular complexity index is 988. The number of rotatable bonds is 7. The van der Waals surface area contributed by atoms with Gasteiger partial charge in [-0.25, -0.2) is 8.42 Å². The molecule has 3 rings (SSSR count). The highest BCUT2D eigenvalue weighted by molar-refractivity contribution is 7.89. The molecule has 2 aromatic heterocycles. The molecule has 9 heteroatoms. The molecule has 0 unspecified atom stereocenters. The Morgan fingerprint density at radius 1 is 1.04 bits per heavy atom. The number of hydrogen-bond donors (Lipinski definition) is 0. The fourth-order valence-corrected chi connectivity index (χ4v) is 3.97. The van der Waals surface area contributed by atoms with Gasteiger partial charge in [-0.3, -0.25) is 15.1 Å². The molecule has 0 bridgehead atoms. The quantitative estimate of drug-likeness (QED) is 0.465. The molecule has 3 aromatic rings. The van der Waals surface area contributed by atoms with Crippen LogP contribution in [0.25, 0.3) is 0 Å². The van der Waals surface area contributed by atoms with Crippen molar-refractivity contribution in [3.05, 3.63) is 88.6 Å². The Balaban J connectivity index is 2.03. The maximum Gasteiger partial charge on any atom is 0.289 e. The van der Waals surface area contributed by atoms with E-state index in [1.165, 1.54) is 30.5 Å². The smallest absolute Gasteiger partial charge is 0.289 e. The van der Waals surface area contributed by atoms with Gasteiger partial charge in [-0.1, -0.05) is 18.2 Å². The van der Waals surface area contributed by atoms with Crippen LogP contribution >= 0.6 is 0 Å². The Morgan fingerprint density at radius 2 is 1.81 bits per heavy atom. The highest BCUT2D eigenvalue weighted by atomic mass is 32.2. The molecule has 0 saturated carbocycles. The molecule has 0 N–H and O–H groups in total. The molecule has 0 amide bonds. The predicted octanol–water partition coefficient (Wildman–Crippen LogP) is 2.97. The highest BCUT2D eigenvalue weighted by Gasteiger charge is 2.32. The van der Waals surface area contributed by atoms with E-state index in [9.17, 15) is 18.5 Å². The van der Waals surface area contributed by atoms with Gasteiger partial charge in [0.05, 0.1) is 30.0 Å². The first kappa shape index (κ1) is 17.8. The summed E-state index contributed by atoms with van der Waals surface area (Å²) in [6.07, 6.45) is 2.99. The van der Waals surface area contributed by atoms with Crippen LogP contribution in [0.5, 0.6) is 0 Å². The monoisotopic (exact) mass is 373 g/mol. The summed E-state index contributed by atoms with van der Waals surface area (Å²) in [5.41, 5.74) is 0.0409. The summed E-state index contributed by atoms with van der Waals surface area (Å²) in [7, 11) is -4.16. The molecule has 1 aromatic carbocycles. The van der Waals surface area contributed by atoms with Gasteiger partial charge >= 0.3 is 0 Å². The van der Waals surface area contributed by atoms with Gasteiger partial charge in [-0.15, -0.1) is 0 Å². The molecule has 0 aliphatic heterocycles. The lowest BCUT2D eigenvalue weighted by molar-refractivity contribution is -0.387. The minimum atomic E-state index is -4.16. The molecule has 0 aliphatic rings. The molecule has 0 saturated heterocycles. The first-order valence-corrected chi connectivity index (χ1v) is 9.08. The van der Waals surface area contributed by atoms with E-state index in [0.717, 1.165) is 4.31 Å². The van der Waals surface area contributed by atoms with Crippen molar-refractivity contribution in [1.29, 1.82) is 0 Å². The van der Waals surface area contributed by atoms with E-state index in [-0.39, 0.29) is 18.0 Å². The normalized spacial score (nSPS) is 11.6. The number of nitro groups is 1. The summed E-state index contributed by atoms with van der Waals surface area (Å²) in [5.74, 6) is 0.420. The zero-order valence-electron chi connectivity index (χ0n) is 13.6. The van der Waals surface area contributed by atoms with E-state index in [1.54, 1.807) is 36.5 Å². The molecule has 0 fully saturated rings. The average Bonchev–Trinajstić information content (AvgIpc) is 3.15. The van der Waals surface area contributed by atoms with E-state index < -0.39 is 20.6 Å². The van der Waals surface area contributed by atoms with Crippen molar-refractivity contribution in [2.75, 3.05) is 0 Å². The fourth-order valence-electron chi connectivity index (χ4n) is 2.44. The largest absolute Gasteiger partial charge is 0.468 e. The standard InChI is InChI=1S/C17H15N3O5S/c21-20(22)16-8-1-2-9-17(16)26(23,24)19(13-15-7-5-11-25-15)12-14-6-3-4-10-18-14/h1-11H,12-13H2. The molecular formula is C17H15N3O5S. The average molecular weight is 373 g/mol. The van der Waals surface area contributed by atoms with Crippen LogP contribution < -0.4 is 0 Å². The minimum absolute atomic E-state index is 0.0457. The number of nitrogens with zero attached hydrogens (tertiary/aromatic N) is 3. The third-order valence-corrected chi connectivity index (χ3v) is 5.50. The lowest BCUT2D eigenvalue weighted by Gasteiger charge is -2.20. The zero-order valence-corrected chi connectivity index (χ0v) is 14.4. The van der Waals surface area contributed by atoms with Gasteiger partial charge in [-0.05, 0) is 30.3 Å². The van der Waals surface area contributed by atoms with E-state index in [4.69, 9.17) is 4.42 Å². The van der Waals surface area contributed by atoms with Crippen LogP contribution in [0.1, 0.15) is 11.5 Å². The third kappa shape index (κ3) is 3.79. The Hall–Kier alpha value is -3.04. The molecule has 2 heterocycles. The summed E-state index contributed by atoms with van der Waals surface area (Å²) < 4.78 is 32.6. The van der Waals surface area contributed by atoms with Gasteiger partial charge in [0.25, 0.3) is 15.7 Å². The maximum atomic E-state index is 13.1. The lowest BCUT2D eigenvalue weighted by Crippen LogP contribution is -2.31. The number of benzene rings is 1. The number of sulfonamides is 1. The second kappa shape index (κ2) is 7.46. The minimum Gasteiger partial charge on any atom is -0.468 e. The van der Waals surface area contributed by atoms with Crippen LogP contribution in [0.4, 0.5) is 5.69 Å². The predicted molar refractivity (Wildman–Crippen MR) is 92.5 cm³/mol. The fraction of sp³-hybridized carbons (Fsp3) is 0.118. The summed E-state index contributed by atoms with van der Waals surface area (Å²) in [5, 5.41) is 11.3. The molecular weight excluding hydrogens is 358 g/mol. The molecule has 8 nitrogen and oxygen atoms in total. The van der Waals surface area contributed by atoms with Gasteiger partial charge in [0, 0.05) is 12.3 Å². The first-order valence-electron chi connectivity index (χ1n) is 7.64. The zero-order chi connectivity index (χ0) is 18.6. The van der Waals surface area contributed by atoms with Crippen LogP contribution in [0.2, 0.25) is 0 Å². The van der Waals surface area contributed by atoms with Crippen LogP contribution in [0.3, 0.4) is 0 Å². The van der Waals surface area contributed by atoms with E-state index in [2.05, 4.69) is 4.98 Å². The molecule has 134 valence electrons. The van der Waals surface area contributed by atoms with Crippen LogP contribution in [-0.2, 0) is 23.1 Å². The van der Waals surface area contributed by atoms with E-state index in [0.29, 0.717) is 11.5 Å². The van der Waals surface area contributed by atoms with Crippen LogP contribution in [-0.4, -0.2) is 22.6 Å². The Labute approximate surface area is 149 Å². The number of pyridine rings is 1. The van der Waals surface area contributed by atoms with Crippen LogP contribution in [0, 0.1) is 10.1 Å². The van der Waals surface area contributed by atoms with Crippen LogP contribution in [0.15, 0.2) is 76.4 Å². The lowest BCUT2D eigenvalue weighted by atomic mass is 10.3. The maximum absolute atomic E-state index is 13.1. The van der Waals surface area contributed by atoms with Crippen molar-refractivity contribution in [2.45, 2.75) is 18.0 Å². The number of para-hydroxylation sites is 1. The topological polar surface area (TPSA) is 107 Å². The summed E-state index contributed by atoms with van der Waals surface area (Å²) in [4.78, 5) is 14.3. The molecule has 26 heavy (non-hydrogen) atoms. The molecule has 0 spiro atoms. The van der Waals surface area contributed by atoms with Gasteiger partial charge in [0.15, 0.2) is 4.90 Å². The Kier molecular flexibility index (Phi) is 5.10. The summed E-state index contributed by atoms with van der Waals surface area (Å²) in [6.45, 7) is -0.117. The molecule has 0 radical (unpaired) electrons. The van der Waals surface area contributed by atoms with E-state index in [1.807, 2.05) is 0 Å². The summed E-state index contributed by atoms with van der Waals surface area (Å²) in [6, 6.07) is 13.7. The van der Waals surface area contributed by atoms with Crippen molar-refractivity contribution in [3.63, 3.8) is 0 Å². The second-order valence-electron chi connectivity index (χ2n) is 5.40. The van der Waals surface area contributed by atoms with Gasteiger partial charge in [0.1, 0.15) is 5.76 Å². The van der Waals surface area contributed by atoms with Crippen molar-refractivity contribution in [1.82, 2.24) is 9.29 Å². The summed E-state index contributed by atoms with van der Waals surface area (Å²) >= 11 is 0. The molecule has 0 aliphatic carbocycles. The Morgan fingerprint density at radius 3 is 2.46 bits per heavy atom. The van der Waals surface area contributed by atoms with Crippen molar-refractivity contribution >= 4 is 15.7 Å². The number of hydrogen-bond acceptors (Lipinski definition) is 6. The van der Waals surface area contributed by atoms with Crippen molar-refractivity contribution in [3.8, 4) is 0 Å². The van der Waals surface area contributed by atoms with Gasteiger partial charge < -0.3 is 4.42 Å². The van der Waals surface area contributed by atoms with Gasteiger partial charge in [0.2, 0.25) is 0 Å².